The summed E-state index contributed by atoms with van der Waals surface area (Å²) in [5, 5.41) is 9.63. The molecule has 118 valence electrons. The van der Waals surface area contributed by atoms with Crippen LogP contribution >= 0.6 is 0 Å². The number of hydrogen-bond donors (Lipinski definition) is 1. The molecule has 1 N–H and O–H groups in total. The van der Waals surface area contributed by atoms with Gasteiger partial charge in [0, 0.05) is 18.3 Å². The summed E-state index contributed by atoms with van der Waals surface area (Å²) in [6, 6.07) is 6.22. The first-order valence-electron chi connectivity index (χ1n) is 7.66. The highest BCUT2D eigenvalue weighted by Gasteiger charge is 2.36. The summed E-state index contributed by atoms with van der Waals surface area (Å²) in [4.78, 5) is 16.2. The van der Waals surface area contributed by atoms with Crippen LogP contribution in [0.4, 0.5) is 0 Å². The SMILES string of the molecule is CCC(C)(C(=O)O)n1ccnc1C(C)c1cccc(C)c1C. The minimum Gasteiger partial charge on any atom is -0.479 e. The van der Waals surface area contributed by atoms with Gasteiger partial charge in [-0.3, -0.25) is 0 Å². The Labute approximate surface area is 131 Å². The van der Waals surface area contributed by atoms with Crippen LogP contribution in [-0.4, -0.2) is 20.6 Å². The molecule has 0 amide bonds. The average Bonchev–Trinajstić information content (AvgIpc) is 2.98. The molecule has 0 spiro atoms. The Balaban J connectivity index is 2.53. The molecule has 2 atom stereocenters. The number of nitrogens with zero attached hydrogens (tertiary/aromatic N) is 2. The van der Waals surface area contributed by atoms with Gasteiger partial charge in [0.25, 0.3) is 0 Å². The van der Waals surface area contributed by atoms with Crippen LogP contribution in [0.25, 0.3) is 0 Å². The Morgan fingerprint density at radius 2 is 2.09 bits per heavy atom. The first-order chi connectivity index (χ1) is 10.3. The van der Waals surface area contributed by atoms with Gasteiger partial charge >= 0.3 is 5.97 Å². The van der Waals surface area contributed by atoms with Gasteiger partial charge in [-0.1, -0.05) is 32.0 Å². The summed E-state index contributed by atoms with van der Waals surface area (Å²) in [6.07, 6.45) is 3.97. The Kier molecular flexibility index (Phi) is 4.40. The number of carboxylic acids is 1. The molecule has 1 aromatic carbocycles. The Hall–Kier alpha value is -2.10. The van der Waals surface area contributed by atoms with Crippen LogP contribution < -0.4 is 0 Å². The molecular weight excluding hydrogens is 276 g/mol. The molecule has 0 bridgehead atoms. The Morgan fingerprint density at radius 3 is 2.68 bits per heavy atom. The second-order valence-corrected chi connectivity index (χ2v) is 6.10. The van der Waals surface area contributed by atoms with Crippen LogP contribution in [0.3, 0.4) is 0 Å². The molecule has 1 heterocycles. The van der Waals surface area contributed by atoms with Crippen molar-refractivity contribution in [1.29, 1.82) is 0 Å². The van der Waals surface area contributed by atoms with E-state index in [0.717, 1.165) is 5.82 Å². The van der Waals surface area contributed by atoms with E-state index in [1.54, 1.807) is 19.3 Å². The first-order valence-corrected chi connectivity index (χ1v) is 7.66. The van der Waals surface area contributed by atoms with Crippen molar-refractivity contribution in [2.45, 2.75) is 52.5 Å². The molecule has 1 aromatic heterocycles. The van der Waals surface area contributed by atoms with E-state index in [9.17, 15) is 9.90 Å². The van der Waals surface area contributed by atoms with Gasteiger partial charge < -0.3 is 9.67 Å². The summed E-state index contributed by atoms with van der Waals surface area (Å²) in [5.41, 5.74) is 2.69. The molecule has 4 heteroatoms. The van der Waals surface area contributed by atoms with E-state index >= 15 is 0 Å². The molecule has 2 unspecified atom stereocenters. The van der Waals surface area contributed by atoms with E-state index in [2.05, 4.69) is 37.9 Å². The lowest BCUT2D eigenvalue weighted by Gasteiger charge is -2.29. The minimum atomic E-state index is -0.974. The number of hydrogen-bond acceptors (Lipinski definition) is 2. The smallest absolute Gasteiger partial charge is 0.329 e. The average molecular weight is 300 g/mol. The van der Waals surface area contributed by atoms with Gasteiger partial charge in [-0.05, 0) is 43.9 Å². The maximum absolute atomic E-state index is 11.7. The molecule has 0 radical (unpaired) electrons. The fourth-order valence-electron chi connectivity index (χ4n) is 2.86. The van der Waals surface area contributed by atoms with Gasteiger partial charge in [-0.2, -0.15) is 0 Å². The van der Waals surface area contributed by atoms with E-state index in [0.29, 0.717) is 6.42 Å². The molecule has 0 aliphatic rings. The van der Waals surface area contributed by atoms with Gasteiger partial charge in [-0.25, -0.2) is 9.78 Å². The van der Waals surface area contributed by atoms with Crippen molar-refractivity contribution in [3.05, 3.63) is 53.1 Å². The highest BCUT2D eigenvalue weighted by atomic mass is 16.4. The quantitative estimate of drug-likeness (QED) is 0.912. The molecule has 0 fully saturated rings. The van der Waals surface area contributed by atoms with Crippen molar-refractivity contribution in [2.75, 3.05) is 0 Å². The summed E-state index contributed by atoms with van der Waals surface area (Å²) in [6.45, 7) is 9.91. The lowest BCUT2D eigenvalue weighted by atomic mass is 9.91. The topological polar surface area (TPSA) is 55.1 Å². The fourth-order valence-corrected chi connectivity index (χ4v) is 2.86. The van der Waals surface area contributed by atoms with E-state index in [1.165, 1.54) is 16.7 Å². The number of rotatable bonds is 5. The van der Waals surface area contributed by atoms with Crippen molar-refractivity contribution in [3.63, 3.8) is 0 Å². The zero-order valence-corrected chi connectivity index (χ0v) is 13.9. The third-order valence-corrected chi connectivity index (χ3v) is 4.85. The maximum atomic E-state index is 11.7. The van der Waals surface area contributed by atoms with Crippen LogP contribution in [0.15, 0.2) is 30.6 Å². The summed E-state index contributed by atoms with van der Waals surface area (Å²) in [7, 11) is 0. The number of aryl methyl sites for hydroxylation is 1. The van der Waals surface area contributed by atoms with Crippen molar-refractivity contribution in [2.24, 2.45) is 0 Å². The third kappa shape index (κ3) is 2.54. The number of benzene rings is 1. The molecular formula is C18H24N2O2. The molecule has 0 aliphatic carbocycles. The highest BCUT2D eigenvalue weighted by Crippen LogP contribution is 2.31. The second kappa shape index (κ2) is 5.95. The van der Waals surface area contributed by atoms with E-state index in [1.807, 2.05) is 17.6 Å². The fraction of sp³-hybridized carbons (Fsp3) is 0.444. The number of carbonyl (C=O) groups is 1. The largest absolute Gasteiger partial charge is 0.479 e. The number of aliphatic carboxylic acids is 1. The Morgan fingerprint density at radius 1 is 1.41 bits per heavy atom. The predicted molar refractivity (Wildman–Crippen MR) is 87.2 cm³/mol. The summed E-state index contributed by atoms with van der Waals surface area (Å²) in [5.74, 6) is 0.00277. The predicted octanol–water partition coefficient (Wildman–Crippen LogP) is 3.86. The van der Waals surface area contributed by atoms with Crippen LogP contribution in [0.2, 0.25) is 0 Å². The number of imidazole rings is 1. The van der Waals surface area contributed by atoms with E-state index < -0.39 is 11.5 Å². The minimum absolute atomic E-state index is 0.0418. The normalized spacial score (nSPS) is 15.3. The maximum Gasteiger partial charge on any atom is 0.329 e. The van der Waals surface area contributed by atoms with E-state index in [-0.39, 0.29) is 5.92 Å². The number of aromatic nitrogens is 2. The van der Waals surface area contributed by atoms with Gasteiger partial charge in [0.05, 0.1) is 0 Å². The summed E-state index contributed by atoms with van der Waals surface area (Å²) < 4.78 is 1.81. The van der Waals surface area contributed by atoms with Crippen LogP contribution in [0.1, 0.15) is 55.6 Å². The summed E-state index contributed by atoms with van der Waals surface area (Å²) >= 11 is 0. The molecule has 2 aromatic rings. The van der Waals surface area contributed by atoms with Crippen molar-refractivity contribution in [3.8, 4) is 0 Å². The Bertz CT molecular complexity index is 690. The molecule has 4 nitrogen and oxygen atoms in total. The third-order valence-electron chi connectivity index (χ3n) is 4.85. The zero-order valence-electron chi connectivity index (χ0n) is 13.9. The van der Waals surface area contributed by atoms with Gasteiger partial charge in [0.1, 0.15) is 11.4 Å². The molecule has 22 heavy (non-hydrogen) atoms. The molecule has 0 aliphatic heterocycles. The first kappa shape index (κ1) is 16.3. The van der Waals surface area contributed by atoms with Gasteiger partial charge in [0.15, 0.2) is 0 Å². The zero-order chi connectivity index (χ0) is 16.5. The molecule has 0 saturated heterocycles. The molecule has 2 rings (SSSR count). The van der Waals surface area contributed by atoms with Crippen LogP contribution in [0.5, 0.6) is 0 Å². The van der Waals surface area contributed by atoms with Crippen molar-refractivity contribution in [1.82, 2.24) is 9.55 Å². The standard InChI is InChI=1S/C18H24N2O2/c1-6-18(5,17(21)22)20-11-10-19-16(20)14(4)15-9-7-8-12(2)13(15)3/h7-11,14H,6H2,1-5H3,(H,21,22). The lowest BCUT2D eigenvalue weighted by molar-refractivity contribution is -0.147. The second-order valence-electron chi connectivity index (χ2n) is 6.10. The van der Waals surface area contributed by atoms with Gasteiger partial charge in [0.2, 0.25) is 0 Å². The van der Waals surface area contributed by atoms with E-state index in [4.69, 9.17) is 0 Å². The monoisotopic (exact) mass is 300 g/mol. The lowest BCUT2D eigenvalue weighted by Crippen LogP contribution is -2.39. The van der Waals surface area contributed by atoms with Crippen LogP contribution in [0, 0.1) is 13.8 Å². The molecule has 0 saturated carbocycles. The van der Waals surface area contributed by atoms with Gasteiger partial charge in [-0.15, -0.1) is 0 Å². The van der Waals surface area contributed by atoms with Crippen molar-refractivity contribution < 1.29 is 9.90 Å². The van der Waals surface area contributed by atoms with Crippen molar-refractivity contribution >= 4 is 5.97 Å². The van der Waals surface area contributed by atoms with Crippen LogP contribution in [-0.2, 0) is 10.3 Å². The highest BCUT2D eigenvalue weighted by molar-refractivity contribution is 5.76. The number of carboxylic acid groups (broad SMARTS) is 1.